The molecule has 0 aromatic heterocycles. The van der Waals surface area contributed by atoms with Crippen LogP contribution in [-0.4, -0.2) is 37.1 Å². The summed E-state index contributed by atoms with van der Waals surface area (Å²) < 4.78 is 0. The number of rotatable bonds is 8. The molecule has 0 heterocycles. The van der Waals surface area contributed by atoms with Gasteiger partial charge in [0.15, 0.2) is 0 Å². The quantitative estimate of drug-likeness (QED) is 0.681. The average molecular weight is 224 g/mol. The molecule has 2 heteroatoms. The van der Waals surface area contributed by atoms with E-state index in [0.717, 1.165) is 23.9 Å². The maximum Gasteiger partial charge on any atom is 0.0223 e. The number of nitrogens with zero attached hydrogens (tertiary/aromatic N) is 1. The molecule has 94 valence electrons. The van der Waals surface area contributed by atoms with Crippen LogP contribution in [0.4, 0.5) is 0 Å². The lowest BCUT2D eigenvalue weighted by atomic mass is 10.1. The first kappa shape index (κ1) is 12.4. The zero-order valence-corrected chi connectivity index (χ0v) is 11.2. The first-order valence-corrected chi connectivity index (χ1v) is 7.16. The normalized spacial score (nSPS) is 24.8. The zero-order chi connectivity index (χ0) is 11.5. The molecule has 1 N–H and O–H groups in total. The highest BCUT2D eigenvalue weighted by molar-refractivity contribution is 4.91. The number of hydrogen-bond acceptors (Lipinski definition) is 2. The van der Waals surface area contributed by atoms with Crippen molar-refractivity contribution in [1.82, 2.24) is 10.2 Å². The Bertz CT molecular complexity index is 209. The van der Waals surface area contributed by atoms with Crippen LogP contribution in [0.25, 0.3) is 0 Å². The van der Waals surface area contributed by atoms with Crippen LogP contribution in [0.15, 0.2) is 0 Å². The Balaban J connectivity index is 1.74. The minimum Gasteiger partial charge on any atom is -0.312 e. The Morgan fingerprint density at radius 3 is 2.31 bits per heavy atom. The van der Waals surface area contributed by atoms with E-state index in [1.165, 1.54) is 45.2 Å². The van der Waals surface area contributed by atoms with E-state index >= 15 is 0 Å². The van der Waals surface area contributed by atoms with Gasteiger partial charge in [-0.05, 0) is 64.5 Å². The Morgan fingerprint density at radius 1 is 1.19 bits per heavy atom. The molecule has 0 aromatic rings. The van der Waals surface area contributed by atoms with E-state index in [0.29, 0.717) is 0 Å². The second-order valence-electron chi connectivity index (χ2n) is 5.92. The molecule has 0 amide bonds. The molecule has 0 aromatic carbocycles. The third-order valence-corrected chi connectivity index (χ3v) is 4.33. The highest BCUT2D eigenvalue weighted by atomic mass is 15.2. The zero-order valence-electron chi connectivity index (χ0n) is 11.2. The van der Waals surface area contributed by atoms with Crippen LogP contribution < -0.4 is 5.32 Å². The molecule has 16 heavy (non-hydrogen) atoms. The van der Waals surface area contributed by atoms with Crippen LogP contribution in [0.5, 0.6) is 0 Å². The van der Waals surface area contributed by atoms with Crippen molar-refractivity contribution in [2.24, 2.45) is 11.8 Å². The molecule has 0 radical (unpaired) electrons. The average Bonchev–Trinajstić information content (AvgIpc) is 3.15. The fourth-order valence-electron chi connectivity index (χ4n) is 2.62. The summed E-state index contributed by atoms with van der Waals surface area (Å²) in [6.45, 7) is 7.10. The Labute approximate surface area is 101 Å². The van der Waals surface area contributed by atoms with E-state index in [4.69, 9.17) is 0 Å². The van der Waals surface area contributed by atoms with Crippen LogP contribution in [0.1, 0.15) is 46.0 Å². The predicted molar refractivity (Wildman–Crippen MR) is 69.6 cm³/mol. The maximum atomic E-state index is 3.73. The lowest BCUT2D eigenvalue weighted by molar-refractivity contribution is 0.201. The van der Waals surface area contributed by atoms with Gasteiger partial charge in [-0.1, -0.05) is 6.92 Å². The van der Waals surface area contributed by atoms with Crippen molar-refractivity contribution in [1.29, 1.82) is 0 Å². The number of hydrogen-bond donors (Lipinski definition) is 1. The highest BCUT2D eigenvalue weighted by Crippen LogP contribution is 2.36. The van der Waals surface area contributed by atoms with Gasteiger partial charge in [-0.3, -0.25) is 0 Å². The summed E-state index contributed by atoms with van der Waals surface area (Å²) in [5, 5.41) is 3.73. The van der Waals surface area contributed by atoms with Crippen molar-refractivity contribution < 1.29 is 0 Å². The summed E-state index contributed by atoms with van der Waals surface area (Å²) >= 11 is 0. The van der Waals surface area contributed by atoms with Gasteiger partial charge in [0, 0.05) is 18.6 Å². The molecule has 0 bridgehead atoms. The molecule has 0 spiro atoms. The van der Waals surface area contributed by atoms with Gasteiger partial charge in [0.05, 0.1) is 0 Å². The lowest BCUT2D eigenvalue weighted by Gasteiger charge is -2.30. The van der Waals surface area contributed by atoms with Crippen LogP contribution in [0.2, 0.25) is 0 Å². The summed E-state index contributed by atoms with van der Waals surface area (Å²) in [4.78, 5) is 2.59. The summed E-state index contributed by atoms with van der Waals surface area (Å²) in [6.07, 6.45) is 7.08. The minimum atomic E-state index is 0.756. The third-order valence-electron chi connectivity index (χ3n) is 4.33. The highest BCUT2D eigenvalue weighted by Gasteiger charge is 2.35. The molecule has 2 fully saturated rings. The van der Waals surface area contributed by atoms with Gasteiger partial charge in [0.2, 0.25) is 0 Å². The Morgan fingerprint density at radius 2 is 1.81 bits per heavy atom. The minimum absolute atomic E-state index is 0.756. The first-order chi connectivity index (χ1) is 7.72. The Kier molecular flexibility index (Phi) is 4.26. The molecule has 2 nitrogen and oxygen atoms in total. The molecule has 2 atom stereocenters. The molecule has 2 aliphatic rings. The van der Waals surface area contributed by atoms with Gasteiger partial charge in [0.1, 0.15) is 0 Å². The third kappa shape index (κ3) is 3.46. The molecular formula is C14H28N2. The molecular weight excluding hydrogens is 196 g/mol. The maximum absolute atomic E-state index is 3.73. The molecule has 2 aliphatic carbocycles. The number of likely N-dealkylation sites (N-methyl/N-ethyl adjacent to an activating group) is 1. The van der Waals surface area contributed by atoms with Gasteiger partial charge >= 0.3 is 0 Å². The van der Waals surface area contributed by atoms with Crippen molar-refractivity contribution >= 4 is 0 Å². The van der Waals surface area contributed by atoms with Crippen LogP contribution >= 0.6 is 0 Å². The first-order valence-electron chi connectivity index (χ1n) is 7.16. The fourth-order valence-corrected chi connectivity index (χ4v) is 2.62. The van der Waals surface area contributed by atoms with E-state index in [9.17, 15) is 0 Å². The molecule has 2 saturated carbocycles. The molecule has 2 rings (SSSR count). The van der Waals surface area contributed by atoms with Gasteiger partial charge in [-0.2, -0.15) is 0 Å². The largest absolute Gasteiger partial charge is 0.312 e. The van der Waals surface area contributed by atoms with Gasteiger partial charge in [0.25, 0.3) is 0 Å². The second-order valence-corrected chi connectivity index (χ2v) is 5.92. The van der Waals surface area contributed by atoms with Crippen LogP contribution in [0.3, 0.4) is 0 Å². The van der Waals surface area contributed by atoms with Crippen molar-refractivity contribution in [3.63, 3.8) is 0 Å². The van der Waals surface area contributed by atoms with Crippen molar-refractivity contribution in [2.75, 3.05) is 20.1 Å². The number of nitrogens with one attached hydrogen (secondary N) is 1. The van der Waals surface area contributed by atoms with Crippen LogP contribution in [-0.2, 0) is 0 Å². The SMILES string of the molecule is CCCNC(CN(C)C(C)C1CC1)C1CC1. The lowest BCUT2D eigenvalue weighted by Crippen LogP contribution is -2.44. The summed E-state index contributed by atoms with van der Waals surface area (Å²) in [5.74, 6) is 1.97. The predicted octanol–water partition coefficient (Wildman–Crippen LogP) is 2.49. The fraction of sp³-hybridized carbons (Fsp3) is 1.00. The molecule has 2 unspecified atom stereocenters. The van der Waals surface area contributed by atoms with Crippen molar-refractivity contribution in [2.45, 2.75) is 58.0 Å². The van der Waals surface area contributed by atoms with Gasteiger partial charge in [-0.25, -0.2) is 0 Å². The van der Waals surface area contributed by atoms with E-state index in [1.807, 2.05) is 0 Å². The summed E-state index contributed by atoms with van der Waals surface area (Å²) in [7, 11) is 2.31. The van der Waals surface area contributed by atoms with Gasteiger partial charge in [-0.15, -0.1) is 0 Å². The topological polar surface area (TPSA) is 15.3 Å². The van der Waals surface area contributed by atoms with E-state index in [2.05, 4.69) is 31.1 Å². The smallest absolute Gasteiger partial charge is 0.0223 e. The molecule has 0 saturated heterocycles. The second kappa shape index (κ2) is 5.50. The summed E-state index contributed by atoms with van der Waals surface area (Å²) in [5.41, 5.74) is 0. The molecule has 0 aliphatic heterocycles. The van der Waals surface area contributed by atoms with Crippen LogP contribution in [0, 0.1) is 11.8 Å². The standard InChI is InChI=1S/C14H28N2/c1-4-9-15-14(13-7-8-13)10-16(3)11(2)12-5-6-12/h11-15H,4-10H2,1-3H3. The van der Waals surface area contributed by atoms with Crippen molar-refractivity contribution in [3.8, 4) is 0 Å². The summed E-state index contributed by atoms with van der Waals surface area (Å²) in [6, 6.07) is 1.55. The monoisotopic (exact) mass is 224 g/mol. The van der Waals surface area contributed by atoms with Gasteiger partial charge < -0.3 is 10.2 Å². The van der Waals surface area contributed by atoms with E-state index < -0.39 is 0 Å². The van der Waals surface area contributed by atoms with Crippen molar-refractivity contribution in [3.05, 3.63) is 0 Å². The Hall–Kier alpha value is -0.0800. The van der Waals surface area contributed by atoms with E-state index in [-0.39, 0.29) is 0 Å². The van der Waals surface area contributed by atoms with E-state index in [1.54, 1.807) is 0 Å².